The van der Waals surface area contributed by atoms with Crippen molar-refractivity contribution < 1.29 is 9.59 Å². The van der Waals surface area contributed by atoms with Gasteiger partial charge in [0.1, 0.15) is 5.82 Å². The van der Waals surface area contributed by atoms with Crippen LogP contribution in [0.1, 0.15) is 25.7 Å². The molecule has 1 unspecified atom stereocenters. The molecule has 1 saturated heterocycles. The van der Waals surface area contributed by atoms with Crippen LogP contribution in [0.15, 0.2) is 18.3 Å². The number of aromatic nitrogens is 1. The van der Waals surface area contributed by atoms with E-state index in [0.29, 0.717) is 43.3 Å². The van der Waals surface area contributed by atoms with Crippen molar-refractivity contribution in [3.05, 3.63) is 23.4 Å². The zero-order valence-electron chi connectivity index (χ0n) is 12.4. The highest BCUT2D eigenvalue weighted by atomic mass is 35.5. The van der Waals surface area contributed by atoms with Crippen LogP contribution in [0.2, 0.25) is 5.02 Å². The van der Waals surface area contributed by atoms with Crippen molar-refractivity contribution in [3.63, 3.8) is 0 Å². The standard InChI is InChI=1S/C15H21ClN4O2/c16-12-5-6-13(18-9-12)19-15(22)11-3-2-8-20(10-11)14(21)4-1-7-17/h5-6,9,11H,1-4,7-8,10,17H2,(H,18,19,22). The van der Waals surface area contributed by atoms with Crippen LogP contribution in [0.5, 0.6) is 0 Å². The fraction of sp³-hybridized carbons (Fsp3) is 0.533. The summed E-state index contributed by atoms with van der Waals surface area (Å²) >= 11 is 5.76. The Morgan fingerprint density at radius 3 is 2.95 bits per heavy atom. The Kier molecular flexibility index (Phi) is 6.15. The molecule has 1 aromatic rings. The van der Waals surface area contributed by atoms with Crippen molar-refractivity contribution in [3.8, 4) is 0 Å². The Hall–Kier alpha value is -1.66. The van der Waals surface area contributed by atoms with Gasteiger partial charge in [0.05, 0.1) is 10.9 Å². The fourth-order valence-corrected chi connectivity index (χ4v) is 2.62. The molecular weight excluding hydrogens is 304 g/mol. The number of hydrogen-bond donors (Lipinski definition) is 2. The average Bonchev–Trinajstić information content (AvgIpc) is 2.54. The SMILES string of the molecule is NCCCC(=O)N1CCCC(C(=O)Nc2ccc(Cl)cn2)C1. The summed E-state index contributed by atoms with van der Waals surface area (Å²) in [5.74, 6) is 0.243. The lowest BCUT2D eigenvalue weighted by molar-refractivity contribution is -0.134. The van der Waals surface area contributed by atoms with Gasteiger partial charge in [0.2, 0.25) is 11.8 Å². The van der Waals surface area contributed by atoms with Crippen LogP contribution in [0.3, 0.4) is 0 Å². The molecule has 0 aliphatic carbocycles. The summed E-state index contributed by atoms with van der Waals surface area (Å²) in [4.78, 5) is 30.1. The first-order valence-electron chi connectivity index (χ1n) is 7.50. The molecule has 2 rings (SSSR count). The van der Waals surface area contributed by atoms with Crippen LogP contribution in [0, 0.1) is 5.92 Å². The number of halogens is 1. The summed E-state index contributed by atoms with van der Waals surface area (Å²) < 4.78 is 0. The second-order valence-corrected chi connectivity index (χ2v) is 5.86. The first-order valence-corrected chi connectivity index (χ1v) is 7.88. The number of nitrogens with one attached hydrogen (secondary N) is 1. The van der Waals surface area contributed by atoms with Crippen LogP contribution < -0.4 is 11.1 Å². The molecule has 0 bridgehead atoms. The van der Waals surface area contributed by atoms with Crippen LogP contribution in [-0.2, 0) is 9.59 Å². The van der Waals surface area contributed by atoms with E-state index in [9.17, 15) is 9.59 Å². The third-order valence-electron chi connectivity index (χ3n) is 3.72. The van der Waals surface area contributed by atoms with Gasteiger partial charge in [-0.1, -0.05) is 11.6 Å². The summed E-state index contributed by atoms with van der Waals surface area (Å²) in [5.41, 5.74) is 5.43. The Balaban J connectivity index is 1.89. The van der Waals surface area contributed by atoms with Gasteiger partial charge in [0.15, 0.2) is 0 Å². The Morgan fingerprint density at radius 2 is 2.27 bits per heavy atom. The summed E-state index contributed by atoms with van der Waals surface area (Å²) in [7, 11) is 0. The highest BCUT2D eigenvalue weighted by Gasteiger charge is 2.28. The molecule has 6 nitrogen and oxygen atoms in total. The number of nitrogens with two attached hydrogens (primary N) is 1. The third-order valence-corrected chi connectivity index (χ3v) is 3.94. The molecule has 120 valence electrons. The van der Waals surface area contributed by atoms with Gasteiger partial charge in [-0.25, -0.2) is 4.98 Å². The monoisotopic (exact) mass is 324 g/mol. The largest absolute Gasteiger partial charge is 0.342 e. The minimum absolute atomic E-state index is 0.0765. The van der Waals surface area contributed by atoms with E-state index in [1.807, 2.05) is 0 Å². The molecule has 2 amide bonds. The molecule has 1 fully saturated rings. The highest BCUT2D eigenvalue weighted by Crippen LogP contribution is 2.19. The van der Waals surface area contributed by atoms with Crippen molar-refractivity contribution in [2.24, 2.45) is 11.7 Å². The molecule has 0 spiro atoms. The second-order valence-electron chi connectivity index (χ2n) is 5.42. The normalized spacial score (nSPS) is 18.1. The van der Waals surface area contributed by atoms with Crippen LogP contribution >= 0.6 is 11.6 Å². The number of amides is 2. The third kappa shape index (κ3) is 4.68. The first kappa shape index (κ1) is 16.7. The van der Waals surface area contributed by atoms with E-state index >= 15 is 0 Å². The van der Waals surface area contributed by atoms with E-state index in [4.69, 9.17) is 17.3 Å². The lowest BCUT2D eigenvalue weighted by atomic mass is 9.96. The van der Waals surface area contributed by atoms with Crippen molar-refractivity contribution in [1.82, 2.24) is 9.88 Å². The van der Waals surface area contributed by atoms with E-state index < -0.39 is 0 Å². The quantitative estimate of drug-likeness (QED) is 0.862. The minimum atomic E-state index is -0.201. The van der Waals surface area contributed by atoms with Crippen LogP contribution in [0.25, 0.3) is 0 Å². The van der Waals surface area contributed by atoms with Gasteiger partial charge in [-0.2, -0.15) is 0 Å². The maximum Gasteiger partial charge on any atom is 0.230 e. The maximum atomic E-state index is 12.3. The molecule has 3 N–H and O–H groups in total. The summed E-state index contributed by atoms with van der Waals surface area (Å²) in [6, 6.07) is 3.33. The Bertz CT molecular complexity index is 521. The molecule has 1 aliphatic heterocycles. The van der Waals surface area contributed by atoms with Crippen LogP contribution in [-0.4, -0.2) is 41.3 Å². The molecule has 1 aliphatic rings. The fourth-order valence-electron chi connectivity index (χ4n) is 2.51. The van der Waals surface area contributed by atoms with E-state index in [0.717, 1.165) is 12.8 Å². The van der Waals surface area contributed by atoms with E-state index in [1.165, 1.54) is 6.20 Å². The number of anilines is 1. The van der Waals surface area contributed by atoms with Crippen molar-refractivity contribution in [2.75, 3.05) is 25.0 Å². The predicted octanol–water partition coefficient (Wildman–Crippen LogP) is 1.65. The molecule has 0 aromatic carbocycles. The number of carbonyl (C=O) groups is 2. The van der Waals surface area contributed by atoms with E-state index in [1.54, 1.807) is 17.0 Å². The molecular formula is C15H21ClN4O2. The molecule has 1 aromatic heterocycles. The smallest absolute Gasteiger partial charge is 0.230 e. The number of nitrogens with zero attached hydrogens (tertiary/aromatic N) is 2. The van der Waals surface area contributed by atoms with Crippen molar-refractivity contribution in [1.29, 1.82) is 0 Å². The van der Waals surface area contributed by atoms with Gasteiger partial charge in [0, 0.05) is 25.7 Å². The lowest BCUT2D eigenvalue weighted by Crippen LogP contribution is -2.43. The highest BCUT2D eigenvalue weighted by molar-refractivity contribution is 6.30. The number of likely N-dealkylation sites (tertiary alicyclic amines) is 1. The van der Waals surface area contributed by atoms with Gasteiger partial charge in [-0.15, -0.1) is 0 Å². The van der Waals surface area contributed by atoms with E-state index in [2.05, 4.69) is 10.3 Å². The van der Waals surface area contributed by atoms with Gasteiger partial charge in [0.25, 0.3) is 0 Å². The van der Waals surface area contributed by atoms with Gasteiger partial charge >= 0.3 is 0 Å². The number of carbonyl (C=O) groups excluding carboxylic acids is 2. The van der Waals surface area contributed by atoms with Crippen molar-refractivity contribution >= 4 is 29.2 Å². The zero-order chi connectivity index (χ0) is 15.9. The molecule has 1 atom stereocenters. The zero-order valence-corrected chi connectivity index (χ0v) is 13.2. The number of piperidine rings is 1. The van der Waals surface area contributed by atoms with Gasteiger partial charge < -0.3 is 16.0 Å². The second kappa shape index (κ2) is 8.10. The molecule has 0 radical (unpaired) electrons. The lowest BCUT2D eigenvalue weighted by Gasteiger charge is -2.32. The Labute approximate surface area is 135 Å². The average molecular weight is 325 g/mol. The van der Waals surface area contributed by atoms with E-state index in [-0.39, 0.29) is 17.7 Å². The molecule has 7 heteroatoms. The van der Waals surface area contributed by atoms with Gasteiger partial charge in [-0.05, 0) is 37.9 Å². The summed E-state index contributed by atoms with van der Waals surface area (Å²) in [6.07, 6.45) is 4.23. The Morgan fingerprint density at radius 1 is 1.45 bits per heavy atom. The number of rotatable bonds is 5. The summed E-state index contributed by atoms with van der Waals surface area (Å²) in [6.45, 7) is 1.68. The molecule has 0 saturated carbocycles. The maximum absolute atomic E-state index is 12.3. The van der Waals surface area contributed by atoms with Crippen LogP contribution in [0.4, 0.5) is 5.82 Å². The molecule has 2 heterocycles. The van der Waals surface area contributed by atoms with Crippen molar-refractivity contribution in [2.45, 2.75) is 25.7 Å². The first-order chi connectivity index (χ1) is 10.6. The molecule has 22 heavy (non-hydrogen) atoms. The predicted molar refractivity (Wildman–Crippen MR) is 85.5 cm³/mol. The topological polar surface area (TPSA) is 88.3 Å². The van der Waals surface area contributed by atoms with Gasteiger partial charge in [-0.3, -0.25) is 9.59 Å². The number of hydrogen-bond acceptors (Lipinski definition) is 4. The summed E-state index contributed by atoms with van der Waals surface area (Å²) in [5, 5.41) is 3.30. The number of pyridine rings is 1. The minimum Gasteiger partial charge on any atom is -0.342 e.